The molecule has 0 radical (unpaired) electrons. The van der Waals surface area contributed by atoms with E-state index in [1.165, 1.54) is 12.3 Å². The van der Waals surface area contributed by atoms with Crippen molar-refractivity contribution < 1.29 is 14.9 Å². The van der Waals surface area contributed by atoms with Crippen molar-refractivity contribution in [3.05, 3.63) is 27.9 Å². The van der Waals surface area contributed by atoms with Gasteiger partial charge in [0.2, 0.25) is 0 Å². The molecule has 1 aromatic heterocycles. The molecule has 20 heavy (non-hydrogen) atoms. The van der Waals surface area contributed by atoms with E-state index in [0.29, 0.717) is 5.92 Å². The highest BCUT2D eigenvalue weighted by atomic mass is 16.6. The third-order valence-electron chi connectivity index (χ3n) is 2.55. The average molecular weight is 282 g/mol. The van der Waals surface area contributed by atoms with Crippen LogP contribution in [0.1, 0.15) is 32.8 Å². The fourth-order valence-electron chi connectivity index (χ4n) is 1.76. The number of oxime groups is 1. The maximum Gasteiger partial charge on any atom is 0.331 e. The van der Waals surface area contributed by atoms with E-state index in [-0.39, 0.29) is 29.1 Å². The maximum absolute atomic E-state index is 11.0. The standard InChI is InChI=1S/C12H18N4O4/c1-7(2)4-8(3)20-12-10(16(18)19)5-9(6-14-12)11(13)15-17/h5-8,17H,4H2,1-3H3,(H2,13,15). The highest BCUT2D eigenvalue weighted by Crippen LogP contribution is 2.26. The van der Waals surface area contributed by atoms with Gasteiger partial charge in [-0.15, -0.1) is 0 Å². The minimum atomic E-state index is -0.613. The first kappa shape index (κ1) is 15.7. The first-order chi connectivity index (χ1) is 9.35. The zero-order valence-electron chi connectivity index (χ0n) is 11.6. The summed E-state index contributed by atoms with van der Waals surface area (Å²) in [6.07, 6.45) is 1.82. The number of pyridine rings is 1. The fourth-order valence-corrected chi connectivity index (χ4v) is 1.76. The van der Waals surface area contributed by atoms with Crippen LogP contribution in [0.4, 0.5) is 5.69 Å². The molecule has 0 saturated heterocycles. The molecule has 0 bridgehead atoms. The minimum absolute atomic E-state index is 0.0716. The van der Waals surface area contributed by atoms with Crippen molar-refractivity contribution in [1.82, 2.24) is 4.98 Å². The summed E-state index contributed by atoms with van der Waals surface area (Å²) in [6.45, 7) is 5.88. The van der Waals surface area contributed by atoms with Crippen molar-refractivity contribution in [2.75, 3.05) is 0 Å². The quantitative estimate of drug-likeness (QED) is 0.270. The van der Waals surface area contributed by atoms with Gasteiger partial charge in [0, 0.05) is 17.8 Å². The summed E-state index contributed by atoms with van der Waals surface area (Å²) in [5, 5.41) is 22.4. The van der Waals surface area contributed by atoms with Crippen molar-refractivity contribution >= 4 is 11.5 Å². The van der Waals surface area contributed by atoms with Crippen LogP contribution in [0.2, 0.25) is 0 Å². The molecule has 0 saturated carbocycles. The molecule has 1 heterocycles. The molecular weight excluding hydrogens is 264 g/mol. The van der Waals surface area contributed by atoms with E-state index in [2.05, 4.69) is 10.1 Å². The monoisotopic (exact) mass is 282 g/mol. The van der Waals surface area contributed by atoms with E-state index < -0.39 is 4.92 Å². The molecule has 110 valence electrons. The van der Waals surface area contributed by atoms with E-state index in [1.807, 2.05) is 20.8 Å². The number of ether oxygens (including phenoxy) is 1. The van der Waals surface area contributed by atoms with Crippen molar-refractivity contribution in [1.29, 1.82) is 0 Å². The van der Waals surface area contributed by atoms with Gasteiger partial charge in [0.15, 0.2) is 5.84 Å². The highest BCUT2D eigenvalue weighted by Gasteiger charge is 2.21. The molecule has 0 amide bonds. The summed E-state index contributed by atoms with van der Waals surface area (Å²) >= 11 is 0. The van der Waals surface area contributed by atoms with E-state index in [1.54, 1.807) is 0 Å². The number of hydrogen-bond acceptors (Lipinski definition) is 6. The van der Waals surface area contributed by atoms with Crippen LogP contribution in [0, 0.1) is 16.0 Å². The first-order valence-corrected chi connectivity index (χ1v) is 6.14. The molecular formula is C12H18N4O4. The Morgan fingerprint density at radius 2 is 2.25 bits per heavy atom. The van der Waals surface area contributed by atoms with Crippen LogP contribution in [-0.4, -0.2) is 27.1 Å². The number of nitro groups is 1. The lowest BCUT2D eigenvalue weighted by Crippen LogP contribution is -2.17. The van der Waals surface area contributed by atoms with E-state index in [0.717, 1.165) is 6.42 Å². The summed E-state index contributed by atoms with van der Waals surface area (Å²) in [5.41, 5.74) is 5.22. The predicted molar refractivity (Wildman–Crippen MR) is 72.9 cm³/mol. The smallest absolute Gasteiger partial charge is 0.331 e. The summed E-state index contributed by atoms with van der Waals surface area (Å²) in [4.78, 5) is 14.3. The van der Waals surface area contributed by atoms with Crippen LogP contribution in [-0.2, 0) is 0 Å². The SMILES string of the molecule is CC(C)CC(C)Oc1ncc(C(N)=NO)cc1[N+](=O)[O-]. The molecule has 1 rings (SSSR count). The molecule has 3 N–H and O–H groups in total. The normalized spacial score (nSPS) is 13.3. The number of aromatic nitrogens is 1. The van der Waals surface area contributed by atoms with Gasteiger partial charge >= 0.3 is 5.69 Å². The van der Waals surface area contributed by atoms with E-state index in [9.17, 15) is 10.1 Å². The topological polar surface area (TPSA) is 124 Å². The molecule has 8 nitrogen and oxygen atoms in total. The Morgan fingerprint density at radius 1 is 1.60 bits per heavy atom. The molecule has 1 unspecified atom stereocenters. The number of nitrogens with two attached hydrogens (primary N) is 1. The van der Waals surface area contributed by atoms with Crippen molar-refractivity contribution in [3.8, 4) is 5.88 Å². The third-order valence-corrected chi connectivity index (χ3v) is 2.55. The zero-order valence-corrected chi connectivity index (χ0v) is 11.6. The van der Waals surface area contributed by atoms with Gasteiger partial charge < -0.3 is 15.7 Å². The molecule has 0 fully saturated rings. The Morgan fingerprint density at radius 3 is 2.75 bits per heavy atom. The molecule has 1 aromatic rings. The van der Waals surface area contributed by atoms with Gasteiger partial charge in [-0.3, -0.25) is 10.1 Å². The molecule has 8 heteroatoms. The minimum Gasteiger partial charge on any atom is -0.470 e. The summed E-state index contributed by atoms with van der Waals surface area (Å²) < 4.78 is 5.49. The van der Waals surface area contributed by atoms with Crippen LogP contribution in [0.25, 0.3) is 0 Å². The molecule has 0 spiro atoms. The third kappa shape index (κ3) is 4.08. The number of nitrogens with zero attached hydrogens (tertiary/aromatic N) is 3. The summed E-state index contributed by atoms with van der Waals surface area (Å²) in [6, 6.07) is 1.17. The van der Waals surface area contributed by atoms with Crippen LogP contribution in [0.3, 0.4) is 0 Å². The van der Waals surface area contributed by atoms with Gasteiger partial charge in [-0.25, -0.2) is 4.98 Å². The van der Waals surface area contributed by atoms with Gasteiger partial charge in [-0.05, 0) is 19.3 Å². The first-order valence-electron chi connectivity index (χ1n) is 6.14. The van der Waals surface area contributed by atoms with Gasteiger partial charge in [0.05, 0.1) is 11.0 Å². The lowest BCUT2D eigenvalue weighted by atomic mass is 10.1. The van der Waals surface area contributed by atoms with Crippen LogP contribution < -0.4 is 10.5 Å². The van der Waals surface area contributed by atoms with Gasteiger partial charge in [0.1, 0.15) is 0 Å². The molecule has 1 atom stereocenters. The fraction of sp³-hybridized carbons (Fsp3) is 0.500. The zero-order chi connectivity index (χ0) is 15.3. The molecule has 0 aliphatic rings. The van der Waals surface area contributed by atoms with Crippen LogP contribution in [0.15, 0.2) is 17.4 Å². The highest BCUT2D eigenvalue weighted by molar-refractivity contribution is 5.97. The Hall–Kier alpha value is -2.38. The number of hydrogen-bond donors (Lipinski definition) is 2. The Bertz CT molecular complexity index is 516. The van der Waals surface area contributed by atoms with Crippen molar-refractivity contribution in [2.45, 2.75) is 33.3 Å². The van der Waals surface area contributed by atoms with E-state index in [4.69, 9.17) is 15.7 Å². The second kappa shape index (κ2) is 6.69. The van der Waals surface area contributed by atoms with Crippen LogP contribution >= 0.6 is 0 Å². The Balaban J connectivity index is 3.05. The second-order valence-electron chi connectivity index (χ2n) is 4.85. The predicted octanol–water partition coefficient (Wildman–Crippen LogP) is 1.90. The Kier molecular flexibility index (Phi) is 5.24. The molecule has 0 aromatic carbocycles. The van der Waals surface area contributed by atoms with Crippen LogP contribution in [0.5, 0.6) is 5.88 Å². The second-order valence-corrected chi connectivity index (χ2v) is 4.85. The Labute approximate surface area is 116 Å². The summed E-state index contributed by atoms with van der Waals surface area (Å²) in [5.74, 6) is 0.0838. The summed E-state index contributed by atoms with van der Waals surface area (Å²) in [7, 11) is 0. The van der Waals surface area contributed by atoms with Crippen molar-refractivity contribution in [3.63, 3.8) is 0 Å². The lowest BCUT2D eigenvalue weighted by Gasteiger charge is -2.15. The average Bonchev–Trinajstić information content (AvgIpc) is 2.36. The van der Waals surface area contributed by atoms with Gasteiger partial charge in [0.25, 0.3) is 5.88 Å². The number of amidine groups is 1. The maximum atomic E-state index is 11.0. The van der Waals surface area contributed by atoms with Gasteiger partial charge in [-0.2, -0.15) is 0 Å². The molecule has 0 aliphatic carbocycles. The van der Waals surface area contributed by atoms with Gasteiger partial charge in [-0.1, -0.05) is 19.0 Å². The largest absolute Gasteiger partial charge is 0.470 e. The van der Waals surface area contributed by atoms with E-state index >= 15 is 0 Å². The van der Waals surface area contributed by atoms with Crippen molar-refractivity contribution in [2.24, 2.45) is 16.8 Å². The molecule has 0 aliphatic heterocycles. The number of rotatable bonds is 6. The lowest BCUT2D eigenvalue weighted by molar-refractivity contribution is -0.386.